The number of Topliss-reactive ketones (excluding diaryl/α,β-unsaturated/α-hetero) is 1. The number of ether oxygens (including phenoxy) is 1. The Morgan fingerprint density at radius 3 is 2.14 bits per heavy atom. The van der Waals surface area contributed by atoms with E-state index in [-0.39, 0.29) is 12.4 Å². The molecule has 1 rings (SSSR count). The summed E-state index contributed by atoms with van der Waals surface area (Å²) in [6.07, 6.45) is 1.91. The first-order valence-corrected chi connectivity index (χ1v) is 4.67. The van der Waals surface area contributed by atoms with Crippen molar-refractivity contribution in [3.63, 3.8) is 0 Å². The van der Waals surface area contributed by atoms with Crippen molar-refractivity contribution in [1.29, 1.82) is 0 Å². The third kappa shape index (κ3) is 3.71. The summed E-state index contributed by atoms with van der Waals surface area (Å²) in [6, 6.07) is 0. The second-order valence-corrected chi connectivity index (χ2v) is 3.81. The van der Waals surface area contributed by atoms with Crippen LogP contribution in [-0.2, 0) is 9.53 Å². The van der Waals surface area contributed by atoms with Crippen LogP contribution in [0.15, 0.2) is 36.5 Å². The molecular weight excluding hydrogens is 176 g/mol. The monoisotopic (exact) mass is 192 g/mol. The van der Waals surface area contributed by atoms with Gasteiger partial charge in [-0.1, -0.05) is 30.9 Å². The van der Waals surface area contributed by atoms with Gasteiger partial charge in [-0.05, 0) is 18.4 Å². The zero-order chi connectivity index (χ0) is 10.6. The molecule has 0 atom stereocenters. The summed E-state index contributed by atoms with van der Waals surface area (Å²) in [6.45, 7) is 12.3. The molecule has 2 heteroatoms. The van der Waals surface area contributed by atoms with E-state index in [9.17, 15) is 4.79 Å². The smallest absolute Gasteiger partial charge is 0.162 e. The van der Waals surface area contributed by atoms with Gasteiger partial charge in [0.2, 0.25) is 0 Å². The molecule has 0 aromatic heterocycles. The van der Waals surface area contributed by atoms with Crippen LogP contribution in [0.2, 0.25) is 0 Å². The van der Waals surface area contributed by atoms with E-state index in [4.69, 9.17) is 4.74 Å². The van der Waals surface area contributed by atoms with Crippen molar-refractivity contribution in [2.45, 2.75) is 19.3 Å². The van der Waals surface area contributed by atoms with Gasteiger partial charge in [-0.25, -0.2) is 0 Å². The molecule has 1 heterocycles. The maximum atomic E-state index is 11.3. The van der Waals surface area contributed by atoms with Crippen LogP contribution in [0.4, 0.5) is 0 Å². The van der Waals surface area contributed by atoms with Crippen LogP contribution >= 0.6 is 0 Å². The van der Waals surface area contributed by atoms with E-state index in [1.54, 1.807) is 0 Å². The van der Waals surface area contributed by atoms with E-state index in [0.29, 0.717) is 13.0 Å². The number of carbonyl (C=O) groups excluding carboxylic acids is 1. The molecule has 0 aromatic rings. The van der Waals surface area contributed by atoms with Crippen molar-refractivity contribution in [3.8, 4) is 0 Å². The van der Waals surface area contributed by atoms with Crippen molar-refractivity contribution in [2.75, 3.05) is 13.2 Å². The molecule has 2 nitrogen and oxygen atoms in total. The Balaban J connectivity index is 2.62. The normalized spacial score (nSPS) is 21.1. The van der Waals surface area contributed by atoms with Gasteiger partial charge >= 0.3 is 0 Å². The summed E-state index contributed by atoms with van der Waals surface area (Å²) >= 11 is 0. The average molecular weight is 192 g/mol. The molecular formula is C12H16O2. The highest BCUT2D eigenvalue weighted by molar-refractivity contribution is 5.82. The van der Waals surface area contributed by atoms with Crippen molar-refractivity contribution in [3.05, 3.63) is 36.5 Å². The highest BCUT2D eigenvalue weighted by Crippen LogP contribution is 2.19. The summed E-state index contributed by atoms with van der Waals surface area (Å²) in [7, 11) is 0. The Labute approximate surface area is 85.0 Å². The van der Waals surface area contributed by atoms with Gasteiger partial charge in [0.05, 0.1) is 6.61 Å². The topological polar surface area (TPSA) is 26.3 Å². The molecule has 14 heavy (non-hydrogen) atoms. The van der Waals surface area contributed by atoms with Crippen LogP contribution in [-0.4, -0.2) is 19.0 Å². The number of allylic oxidation sites excluding steroid dienone is 2. The van der Waals surface area contributed by atoms with Crippen molar-refractivity contribution < 1.29 is 9.53 Å². The first-order valence-electron chi connectivity index (χ1n) is 4.67. The zero-order valence-corrected chi connectivity index (χ0v) is 8.47. The molecule has 1 aliphatic heterocycles. The molecule has 1 saturated heterocycles. The van der Waals surface area contributed by atoms with Gasteiger partial charge in [0, 0.05) is 6.42 Å². The van der Waals surface area contributed by atoms with E-state index in [1.807, 2.05) is 0 Å². The summed E-state index contributed by atoms with van der Waals surface area (Å²) < 4.78 is 5.20. The van der Waals surface area contributed by atoms with E-state index in [0.717, 1.165) is 29.6 Å². The molecule has 0 radical (unpaired) electrons. The molecule has 1 aliphatic rings. The molecule has 0 spiro atoms. The second-order valence-electron chi connectivity index (χ2n) is 3.81. The summed E-state index contributed by atoms with van der Waals surface area (Å²) in [5.74, 6) is 0.0810. The minimum absolute atomic E-state index is 0.0810. The number of hydrogen-bond acceptors (Lipinski definition) is 2. The fourth-order valence-electron chi connectivity index (χ4n) is 1.52. The molecule has 0 saturated carbocycles. The summed E-state index contributed by atoms with van der Waals surface area (Å²) in [5.41, 5.74) is 2.94. The third-order valence-electron chi connectivity index (χ3n) is 2.02. The minimum Gasteiger partial charge on any atom is -0.369 e. The fourth-order valence-corrected chi connectivity index (χ4v) is 1.52. The van der Waals surface area contributed by atoms with Gasteiger partial charge in [0.15, 0.2) is 5.78 Å². The Morgan fingerprint density at radius 1 is 0.857 bits per heavy atom. The van der Waals surface area contributed by atoms with Gasteiger partial charge in [-0.15, -0.1) is 0 Å². The quantitative estimate of drug-likeness (QED) is 0.551. The fraction of sp³-hybridized carbons (Fsp3) is 0.417. The van der Waals surface area contributed by atoms with Crippen LogP contribution < -0.4 is 0 Å². The molecule has 0 unspecified atom stereocenters. The largest absolute Gasteiger partial charge is 0.369 e. The van der Waals surface area contributed by atoms with E-state index in [2.05, 4.69) is 19.7 Å². The highest BCUT2D eigenvalue weighted by atomic mass is 16.5. The highest BCUT2D eigenvalue weighted by Gasteiger charge is 2.10. The van der Waals surface area contributed by atoms with Crippen LogP contribution in [0, 0.1) is 0 Å². The van der Waals surface area contributed by atoms with Crippen LogP contribution in [0.1, 0.15) is 19.3 Å². The Morgan fingerprint density at radius 2 is 1.43 bits per heavy atom. The second kappa shape index (κ2) is 4.91. The SMILES string of the molecule is C=C1COCC(=O)CC(=C)CC(=C)C1. The summed E-state index contributed by atoms with van der Waals surface area (Å²) in [5, 5.41) is 0. The molecule has 0 aliphatic carbocycles. The molecule has 0 aromatic carbocycles. The molecule has 0 N–H and O–H groups in total. The lowest BCUT2D eigenvalue weighted by atomic mass is 9.98. The maximum absolute atomic E-state index is 11.3. The van der Waals surface area contributed by atoms with Gasteiger partial charge in [-0.2, -0.15) is 0 Å². The lowest BCUT2D eigenvalue weighted by Gasteiger charge is -2.13. The minimum atomic E-state index is 0.0810. The number of hydrogen-bond donors (Lipinski definition) is 0. The lowest BCUT2D eigenvalue weighted by Crippen LogP contribution is -2.12. The average Bonchev–Trinajstić information content (AvgIpc) is 2.01. The van der Waals surface area contributed by atoms with Gasteiger partial charge in [-0.3, -0.25) is 4.79 Å². The first-order chi connectivity index (χ1) is 6.58. The van der Waals surface area contributed by atoms with Crippen molar-refractivity contribution in [1.82, 2.24) is 0 Å². The van der Waals surface area contributed by atoms with E-state index >= 15 is 0 Å². The van der Waals surface area contributed by atoms with E-state index in [1.165, 1.54) is 0 Å². The molecule has 0 amide bonds. The first kappa shape index (κ1) is 10.9. The predicted molar refractivity (Wildman–Crippen MR) is 57.1 cm³/mol. The molecule has 1 fully saturated rings. The Hall–Kier alpha value is -1.15. The van der Waals surface area contributed by atoms with Crippen molar-refractivity contribution >= 4 is 5.78 Å². The van der Waals surface area contributed by atoms with Gasteiger partial charge in [0.25, 0.3) is 0 Å². The Bertz CT molecular complexity index is 259. The molecule has 76 valence electrons. The van der Waals surface area contributed by atoms with Crippen LogP contribution in [0.3, 0.4) is 0 Å². The van der Waals surface area contributed by atoms with Gasteiger partial charge in [0.1, 0.15) is 6.61 Å². The number of ketones is 1. The Kier molecular flexibility index (Phi) is 3.84. The zero-order valence-electron chi connectivity index (χ0n) is 8.47. The maximum Gasteiger partial charge on any atom is 0.162 e. The van der Waals surface area contributed by atoms with E-state index < -0.39 is 0 Å². The summed E-state index contributed by atoms with van der Waals surface area (Å²) in [4.78, 5) is 11.3. The lowest BCUT2D eigenvalue weighted by molar-refractivity contribution is -0.122. The third-order valence-corrected chi connectivity index (χ3v) is 2.02. The van der Waals surface area contributed by atoms with Gasteiger partial charge < -0.3 is 4.74 Å². The van der Waals surface area contributed by atoms with Crippen molar-refractivity contribution in [2.24, 2.45) is 0 Å². The van der Waals surface area contributed by atoms with Crippen LogP contribution in [0.25, 0.3) is 0 Å². The predicted octanol–water partition coefficient (Wildman–Crippen LogP) is 2.42. The standard InChI is InChI=1S/C12H16O2/c1-9-4-10(2)6-12(13)8-14-7-11(3)5-9/h1-8H2. The molecule has 0 bridgehead atoms. The number of carbonyl (C=O) groups is 1. The number of rotatable bonds is 0. The van der Waals surface area contributed by atoms with Crippen LogP contribution in [0.5, 0.6) is 0 Å².